The van der Waals surface area contributed by atoms with Gasteiger partial charge in [-0.2, -0.15) is 10.4 Å². The molecule has 5 nitrogen and oxygen atoms in total. The molecule has 0 bridgehead atoms. The van der Waals surface area contributed by atoms with Crippen molar-refractivity contribution in [2.24, 2.45) is 11.8 Å². The minimum absolute atomic E-state index is 0.683. The zero-order valence-corrected chi connectivity index (χ0v) is 12.9. The van der Waals surface area contributed by atoms with Gasteiger partial charge in [0.25, 0.3) is 0 Å². The molecule has 2 aliphatic heterocycles. The maximum absolute atomic E-state index is 9.61. The molecule has 21 heavy (non-hydrogen) atoms. The van der Waals surface area contributed by atoms with E-state index in [1.165, 1.54) is 6.42 Å². The summed E-state index contributed by atoms with van der Waals surface area (Å²) in [5, 5.41) is 21.9. The fourth-order valence-electron chi connectivity index (χ4n) is 3.73. The van der Waals surface area contributed by atoms with Gasteiger partial charge in [0.1, 0.15) is 11.6 Å². The maximum atomic E-state index is 9.61. The van der Waals surface area contributed by atoms with Crippen LogP contribution in [0.3, 0.4) is 0 Å². The standard InChI is InChI=1S/C16H23N5/c1-3-13-14(7-17)16(20-19-15(13)4-2)21-6-5-11-8-18-9-12(11)10-21/h11-12,18H,3-6,8-10H2,1-2H3. The molecule has 0 saturated carbocycles. The van der Waals surface area contributed by atoms with E-state index in [2.05, 4.69) is 40.3 Å². The molecule has 2 fully saturated rings. The number of nitrogens with zero attached hydrogens (tertiary/aromatic N) is 4. The predicted molar refractivity (Wildman–Crippen MR) is 82.2 cm³/mol. The number of aromatic nitrogens is 2. The summed E-state index contributed by atoms with van der Waals surface area (Å²) < 4.78 is 0. The number of aryl methyl sites for hydroxylation is 1. The summed E-state index contributed by atoms with van der Waals surface area (Å²) in [6.07, 6.45) is 2.86. The third kappa shape index (κ3) is 2.49. The Balaban J connectivity index is 1.93. The van der Waals surface area contributed by atoms with E-state index in [0.717, 1.165) is 67.6 Å². The van der Waals surface area contributed by atoms with E-state index in [-0.39, 0.29) is 0 Å². The predicted octanol–water partition coefficient (Wildman–Crippen LogP) is 1.52. The molecule has 0 radical (unpaired) electrons. The van der Waals surface area contributed by atoms with E-state index >= 15 is 0 Å². The first kappa shape index (κ1) is 14.3. The van der Waals surface area contributed by atoms with Crippen LogP contribution < -0.4 is 10.2 Å². The van der Waals surface area contributed by atoms with Gasteiger partial charge in [-0.15, -0.1) is 5.10 Å². The molecule has 1 aromatic rings. The lowest BCUT2D eigenvalue weighted by Gasteiger charge is -2.35. The highest BCUT2D eigenvalue weighted by Crippen LogP contribution is 2.31. The number of nitrogens with one attached hydrogen (secondary N) is 1. The van der Waals surface area contributed by atoms with Crippen LogP contribution in [0.2, 0.25) is 0 Å². The molecule has 112 valence electrons. The lowest BCUT2D eigenvalue weighted by Crippen LogP contribution is -2.41. The number of anilines is 1. The van der Waals surface area contributed by atoms with Crippen molar-refractivity contribution >= 4 is 5.82 Å². The van der Waals surface area contributed by atoms with Crippen molar-refractivity contribution in [2.75, 3.05) is 31.1 Å². The van der Waals surface area contributed by atoms with Crippen molar-refractivity contribution in [3.63, 3.8) is 0 Å². The summed E-state index contributed by atoms with van der Waals surface area (Å²) in [6.45, 7) is 8.37. The molecule has 2 aliphatic rings. The van der Waals surface area contributed by atoms with Crippen LogP contribution in [0.25, 0.3) is 0 Å². The monoisotopic (exact) mass is 285 g/mol. The van der Waals surface area contributed by atoms with Gasteiger partial charge in [0, 0.05) is 13.1 Å². The molecular formula is C16H23N5. The van der Waals surface area contributed by atoms with Crippen LogP contribution in [0, 0.1) is 23.2 Å². The Kier molecular flexibility index (Phi) is 4.07. The first-order chi connectivity index (χ1) is 10.3. The van der Waals surface area contributed by atoms with Gasteiger partial charge in [0.2, 0.25) is 0 Å². The molecule has 2 atom stereocenters. The van der Waals surface area contributed by atoms with Gasteiger partial charge < -0.3 is 10.2 Å². The fourth-order valence-corrected chi connectivity index (χ4v) is 3.73. The number of piperidine rings is 1. The average Bonchev–Trinajstić information content (AvgIpc) is 3.00. The molecule has 3 rings (SSSR count). The maximum Gasteiger partial charge on any atom is 0.169 e. The average molecular weight is 285 g/mol. The Morgan fingerprint density at radius 3 is 2.76 bits per heavy atom. The first-order valence-corrected chi connectivity index (χ1v) is 8.02. The van der Waals surface area contributed by atoms with Crippen molar-refractivity contribution in [3.05, 3.63) is 16.8 Å². The van der Waals surface area contributed by atoms with E-state index in [9.17, 15) is 5.26 Å². The van der Waals surface area contributed by atoms with Gasteiger partial charge in [-0.3, -0.25) is 0 Å². The van der Waals surface area contributed by atoms with Gasteiger partial charge >= 0.3 is 0 Å². The minimum atomic E-state index is 0.683. The highest BCUT2D eigenvalue weighted by Gasteiger charge is 2.34. The summed E-state index contributed by atoms with van der Waals surface area (Å²) in [6, 6.07) is 2.39. The number of rotatable bonds is 3. The fraction of sp³-hybridized carbons (Fsp3) is 0.688. The second-order valence-electron chi connectivity index (χ2n) is 6.06. The van der Waals surface area contributed by atoms with Crippen LogP contribution in [0.15, 0.2) is 0 Å². The largest absolute Gasteiger partial charge is 0.354 e. The van der Waals surface area contributed by atoms with E-state index in [0.29, 0.717) is 5.92 Å². The van der Waals surface area contributed by atoms with Crippen LogP contribution in [-0.2, 0) is 12.8 Å². The molecule has 1 N–H and O–H groups in total. The van der Waals surface area contributed by atoms with Gasteiger partial charge in [-0.05, 0) is 49.8 Å². The number of nitriles is 1. The van der Waals surface area contributed by atoms with E-state index in [4.69, 9.17) is 0 Å². The molecular weight excluding hydrogens is 262 g/mol. The lowest BCUT2D eigenvalue weighted by atomic mass is 9.88. The van der Waals surface area contributed by atoms with Gasteiger partial charge in [-0.25, -0.2) is 0 Å². The summed E-state index contributed by atoms with van der Waals surface area (Å²) in [4.78, 5) is 2.28. The zero-order valence-electron chi connectivity index (χ0n) is 12.9. The van der Waals surface area contributed by atoms with E-state index in [1.807, 2.05) is 0 Å². The summed E-state index contributed by atoms with van der Waals surface area (Å²) in [7, 11) is 0. The number of hydrogen-bond acceptors (Lipinski definition) is 5. The SMILES string of the molecule is CCc1nnc(N2CCC3CNCC3C2)c(C#N)c1CC. The molecule has 0 spiro atoms. The third-order valence-electron chi connectivity index (χ3n) is 4.94. The van der Waals surface area contributed by atoms with Crippen molar-refractivity contribution in [1.82, 2.24) is 15.5 Å². The Morgan fingerprint density at radius 2 is 2.05 bits per heavy atom. The molecule has 0 amide bonds. The van der Waals surface area contributed by atoms with Crippen LogP contribution in [0.4, 0.5) is 5.82 Å². The quantitative estimate of drug-likeness (QED) is 0.912. The Bertz CT molecular complexity index is 563. The molecule has 2 saturated heterocycles. The lowest BCUT2D eigenvalue weighted by molar-refractivity contribution is 0.347. The van der Waals surface area contributed by atoms with Crippen LogP contribution in [-0.4, -0.2) is 36.4 Å². The summed E-state index contributed by atoms with van der Waals surface area (Å²) >= 11 is 0. The third-order valence-corrected chi connectivity index (χ3v) is 4.94. The minimum Gasteiger partial charge on any atom is -0.354 e. The number of hydrogen-bond donors (Lipinski definition) is 1. The van der Waals surface area contributed by atoms with Crippen molar-refractivity contribution < 1.29 is 0 Å². The summed E-state index contributed by atoms with van der Waals surface area (Å²) in [5.74, 6) is 2.28. The summed E-state index contributed by atoms with van der Waals surface area (Å²) in [5.41, 5.74) is 2.79. The highest BCUT2D eigenvalue weighted by molar-refractivity contribution is 5.58. The van der Waals surface area contributed by atoms with Crippen molar-refractivity contribution in [2.45, 2.75) is 33.1 Å². The molecule has 0 aliphatic carbocycles. The van der Waals surface area contributed by atoms with Crippen molar-refractivity contribution in [1.29, 1.82) is 5.26 Å². The molecule has 5 heteroatoms. The molecule has 1 aromatic heterocycles. The topological polar surface area (TPSA) is 64.8 Å². The van der Waals surface area contributed by atoms with Crippen LogP contribution >= 0.6 is 0 Å². The van der Waals surface area contributed by atoms with Crippen LogP contribution in [0.5, 0.6) is 0 Å². The Hall–Kier alpha value is -1.67. The second-order valence-corrected chi connectivity index (χ2v) is 6.06. The normalized spacial score (nSPS) is 24.7. The molecule has 0 aromatic carbocycles. The van der Waals surface area contributed by atoms with Crippen LogP contribution in [0.1, 0.15) is 37.1 Å². The van der Waals surface area contributed by atoms with Gasteiger partial charge in [-0.1, -0.05) is 13.8 Å². The molecule has 2 unspecified atom stereocenters. The Morgan fingerprint density at radius 1 is 1.24 bits per heavy atom. The Labute approximate surface area is 126 Å². The highest BCUT2D eigenvalue weighted by atomic mass is 15.3. The zero-order chi connectivity index (χ0) is 14.8. The first-order valence-electron chi connectivity index (χ1n) is 8.02. The number of fused-ring (bicyclic) bond motifs is 1. The van der Waals surface area contributed by atoms with E-state index in [1.54, 1.807) is 0 Å². The second kappa shape index (κ2) is 5.98. The molecule has 3 heterocycles. The van der Waals surface area contributed by atoms with Gasteiger partial charge in [0.05, 0.1) is 5.69 Å². The van der Waals surface area contributed by atoms with E-state index < -0.39 is 0 Å². The smallest absolute Gasteiger partial charge is 0.169 e. The van der Waals surface area contributed by atoms with Crippen molar-refractivity contribution in [3.8, 4) is 6.07 Å². The van der Waals surface area contributed by atoms with Gasteiger partial charge in [0.15, 0.2) is 5.82 Å².